The molecular formula is C24H21F3N4O3. The molecule has 4 rings (SSSR count). The molecule has 0 aliphatic heterocycles. The molecule has 2 amide bonds. The summed E-state index contributed by atoms with van der Waals surface area (Å²) in [4.78, 5) is 28.8. The molecule has 0 spiro atoms. The molecule has 7 nitrogen and oxygen atoms in total. The van der Waals surface area contributed by atoms with E-state index < -0.39 is 11.7 Å². The van der Waals surface area contributed by atoms with Crippen LogP contribution in [0.3, 0.4) is 0 Å². The van der Waals surface area contributed by atoms with Crippen molar-refractivity contribution in [2.24, 2.45) is 0 Å². The third-order valence-corrected chi connectivity index (χ3v) is 5.12. The summed E-state index contributed by atoms with van der Waals surface area (Å²) in [7, 11) is 0. The molecule has 34 heavy (non-hydrogen) atoms. The fraction of sp³-hybridized carbons (Fsp3) is 0.208. The Morgan fingerprint density at radius 3 is 2.53 bits per heavy atom. The summed E-state index contributed by atoms with van der Waals surface area (Å²) in [5, 5.41) is 5.41. The van der Waals surface area contributed by atoms with Gasteiger partial charge in [-0.2, -0.15) is 13.2 Å². The third kappa shape index (κ3) is 5.45. The summed E-state index contributed by atoms with van der Waals surface area (Å²) in [5.74, 6) is 0.0603. The zero-order valence-electron chi connectivity index (χ0n) is 17.9. The Bertz CT molecular complexity index is 1280. The first-order chi connectivity index (χ1) is 16.3. The number of carbonyl (C=O) groups excluding carboxylic acids is 2. The largest absolute Gasteiger partial charge is 0.467 e. The molecule has 176 valence electrons. The van der Waals surface area contributed by atoms with Gasteiger partial charge in [0.15, 0.2) is 0 Å². The lowest BCUT2D eigenvalue weighted by atomic mass is 10.2. The number of nitrogens with zero attached hydrogens (tertiary/aromatic N) is 2. The number of halogens is 3. The van der Waals surface area contributed by atoms with E-state index in [9.17, 15) is 22.8 Å². The van der Waals surface area contributed by atoms with Crippen LogP contribution in [0.4, 0.5) is 19.1 Å². The quantitative estimate of drug-likeness (QED) is 0.361. The van der Waals surface area contributed by atoms with Crippen molar-refractivity contribution in [2.45, 2.75) is 25.6 Å². The van der Waals surface area contributed by atoms with E-state index >= 15 is 0 Å². The number of anilines is 1. The summed E-state index contributed by atoms with van der Waals surface area (Å²) in [6.07, 6.45) is -2.56. The van der Waals surface area contributed by atoms with Crippen molar-refractivity contribution in [3.63, 3.8) is 0 Å². The van der Waals surface area contributed by atoms with Crippen LogP contribution >= 0.6 is 0 Å². The van der Waals surface area contributed by atoms with Crippen LogP contribution in [0, 0.1) is 0 Å². The molecule has 0 fully saturated rings. The molecule has 0 aliphatic carbocycles. The fourth-order valence-electron chi connectivity index (χ4n) is 3.45. The van der Waals surface area contributed by atoms with E-state index in [0.29, 0.717) is 29.8 Å². The predicted molar refractivity (Wildman–Crippen MR) is 119 cm³/mol. The highest BCUT2D eigenvalue weighted by Gasteiger charge is 2.31. The van der Waals surface area contributed by atoms with Gasteiger partial charge in [0.25, 0.3) is 5.91 Å². The number of benzene rings is 2. The molecule has 4 aromatic rings. The van der Waals surface area contributed by atoms with E-state index in [-0.39, 0.29) is 36.2 Å². The number of hydrogen-bond acceptors (Lipinski definition) is 4. The summed E-state index contributed by atoms with van der Waals surface area (Å²) < 4.78 is 46.3. The average molecular weight is 470 g/mol. The van der Waals surface area contributed by atoms with Crippen molar-refractivity contribution in [3.8, 4) is 0 Å². The van der Waals surface area contributed by atoms with Gasteiger partial charge in [-0.05, 0) is 48.9 Å². The highest BCUT2D eigenvalue weighted by Crippen LogP contribution is 2.32. The molecule has 2 heterocycles. The molecule has 0 atom stereocenters. The number of nitrogens with one attached hydrogen (secondary N) is 2. The Morgan fingerprint density at radius 2 is 1.82 bits per heavy atom. The van der Waals surface area contributed by atoms with Crippen molar-refractivity contribution in [1.82, 2.24) is 14.9 Å². The van der Waals surface area contributed by atoms with Crippen LogP contribution in [-0.4, -0.2) is 27.9 Å². The van der Waals surface area contributed by atoms with Crippen LogP contribution in [0.15, 0.2) is 71.3 Å². The first kappa shape index (κ1) is 23.1. The molecule has 0 aliphatic rings. The van der Waals surface area contributed by atoms with Crippen molar-refractivity contribution < 1.29 is 27.2 Å². The van der Waals surface area contributed by atoms with E-state index in [1.54, 1.807) is 41.0 Å². The molecule has 2 N–H and O–H groups in total. The van der Waals surface area contributed by atoms with Crippen molar-refractivity contribution >= 4 is 28.8 Å². The number of alkyl halides is 3. The van der Waals surface area contributed by atoms with Gasteiger partial charge in [0, 0.05) is 18.5 Å². The Balaban J connectivity index is 1.44. The zero-order valence-corrected chi connectivity index (χ0v) is 17.9. The molecule has 0 unspecified atom stereocenters. The van der Waals surface area contributed by atoms with E-state index in [2.05, 4.69) is 15.6 Å². The fourth-order valence-corrected chi connectivity index (χ4v) is 3.45. The second kappa shape index (κ2) is 9.82. The average Bonchev–Trinajstić information content (AvgIpc) is 3.44. The lowest BCUT2D eigenvalue weighted by Gasteiger charge is -2.10. The lowest BCUT2D eigenvalue weighted by molar-refractivity contribution is -0.137. The van der Waals surface area contributed by atoms with Crippen LogP contribution in [0.5, 0.6) is 0 Å². The first-order valence-electron chi connectivity index (χ1n) is 10.5. The van der Waals surface area contributed by atoms with Crippen LogP contribution < -0.4 is 10.6 Å². The normalized spacial score (nSPS) is 11.5. The maximum atomic E-state index is 13.1. The number of rotatable bonds is 8. The number of aromatic nitrogens is 2. The molecule has 0 radical (unpaired) electrons. The minimum absolute atomic E-state index is 0.0901. The van der Waals surface area contributed by atoms with E-state index in [1.807, 2.05) is 6.07 Å². The second-order valence-corrected chi connectivity index (χ2v) is 7.58. The molecule has 2 aromatic heterocycles. The second-order valence-electron chi connectivity index (χ2n) is 7.58. The molecular weight excluding hydrogens is 449 g/mol. The SMILES string of the molecule is O=C(CCCNC(=O)c1ccccc1)Nc1nc2cc(C(F)(F)F)ccc2n1Cc1ccco1. The van der Waals surface area contributed by atoms with E-state index in [4.69, 9.17) is 4.42 Å². The number of carbonyl (C=O) groups is 2. The zero-order chi connectivity index (χ0) is 24.1. The summed E-state index contributed by atoms with van der Waals surface area (Å²) in [6, 6.07) is 15.4. The Kier molecular flexibility index (Phi) is 6.67. The smallest absolute Gasteiger partial charge is 0.416 e. The van der Waals surface area contributed by atoms with Gasteiger partial charge >= 0.3 is 6.18 Å². The van der Waals surface area contributed by atoms with Gasteiger partial charge in [-0.25, -0.2) is 4.98 Å². The van der Waals surface area contributed by atoms with Gasteiger partial charge in [-0.3, -0.25) is 14.9 Å². The lowest BCUT2D eigenvalue weighted by Crippen LogP contribution is -2.25. The molecule has 10 heteroatoms. The summed E-state index contributed by atoms with van der Waals surface area (Å²) >= 11 is 0. The Hall–Kier alpha value is -4.08. The number of imidazole rings is 1. The van der Waals surface area contributed by atoms with Crippen molar-refractivity contribution in [1.29, 1.82) is 0 Å². The molecule has 2 aromatic carbocycles. The summed E-state index contributed by atoms with van der Waals surface area (Å²) in [6.45, 7) is 0.469. The van der Waals surface area contributed by atoms with Gasteiger partial charge in [-0.1, -0.05) is 18.2 Å². The highest BCUT2D eigenvalue weighted by molar-refractivity contribution is 5.94. The van der Waals surface area contributed by atoms with Gasteiger partial charge in [0.2, 0.25) is 11.9 Å². The number of furan rings is 1. The Labute approximate surface area is 192 Å². The maximum absolute atomic E-state index is 13.1. The molecule has 0 bridgehead atoms. The number of hydrogen-bond donors (Lipinski definition) is 2. The van der Waals surface area contributed by atoms with Crippen LogP contribution in [0.2, 0.25) is 0 Å². The topological polar surface area (TPSA) is 89.2 Å². The molecule has 0 saturated carbocycles. The van der Waals surface area contributed by atoms with Gasteiger partial charge in [0.1, 0.15) is 5.76 Å². The minimum atomic E-state index is -4.51. The minimum Gasteiger partial charge on any atom is -0.467 e. The van der Waals surface area contributed by atoms with E-state index in [0.717, 1.165) is 12.1 Å². The highest BCUT2D eigenvalue weighted by atomic mass is 19.4. The van der Waals surface area contributed by atoms with Gasteiger partial charge in [0.05, 0.1) is 29.4 Å². The third-order valence-electron chi connectivity index (χ3n) is 5.12. The van der Waals surface area contributed by atoms with Gasteiger partial charge < -0.3 is 14.3 Å². The van der Waals surface area contributed by atoms with Crippen LogP contribution in [0.1, 0.15) is 34.5 Å². The van der Waals surface area contributed by atoms with Crippen molar-refractivity contribution in [3.05, 3.63) is 83.8 Å². The number of fused-ring (bicyclic) bond motifs is 1. The molecule has 0 saturated heterocycles. The van der Waals surface area contributed by atoms with E-state index in [1.165, 1.54) is 12.3 Å². The van der Waals surface area contributed by atoms with Crippen molar-refractivity contribution in [2.75, 3.05) is 11.9 Å². The Morgan fingerprint density at radius 1 is 1.03 bits per heavy atom. The van der Waals surface area contributed by atoms with Gasteiger partial charge in [-0.15, -0.1) is 0 Å². The number of amides is 2. The first-order valence-corrected chi connectivity index (χ1v) is 10.5. The van der Waals surface area contributed by atoms with Crippen LogP contribution in [-0.2, 0) is 17.5 Å². The maximum Gasteiger partial charge on any atom is 0.416 e. The predicted octanol–water partition coefficient (Wildman–Crippen LogP) is 4.85. The summed E-state index contributed by atoms with van der Waals surface area (Å²) in [5.41, 5.74) is 0.230. The van der Waals surface area contributed by atoms with Crippen LogP contribution in [0.25, 0.3) is 11.0 Å². The monoisotopic (exact) mass is 470 g/mol. The standard InChI is InChI=1S/C24H21F3N4O3/c25-24(26,27)17-10-11-20-19(14-17)29-23(31(20)15-18-8-5-13-34-18)30-21(32)9-4-12-28-22(33)16-6-2-1-3-7-16/h1-3,5-8,10-11,13-14H,4,9,12,15H2,(H,28,33)(H,29,30,32).